The highest BCUT2D eigenvalue weighted by molar-refractivity contribution is 6.00. The highest BCUT2D eigenvalue weighted by atomic mass is 16.3. The quantitative estimate of drug-likeness (QED) is 0.631. The second-order valence-corrected chi connectivity index (χ2v) is 9.72. The fourth-order valence-corrected chi connectivity index (χ4v) is 5.00. The molecule has 0 radical (unpaired) electrons. The van der Waals surface area contributed by atoms with Crippen molar-refractivity contribution in [2.45, 2.75) is 51.7 Å². The summed E-state index contributed by atoms with van der Waals surface area (Å²) in [5.41, 5.74) is 9.61. The van der Waals surface area contributed by atoms with Crippen molar-refractivity contribution in [3.05, 3.63) is 65.3 Å². The van der Waals surface area contributed by atoms with Crippen LogP contribution in [0.5, 0.6) is 0 Å². The van der Waals surface area contributed by atoms with Crippen LogP contribution in [0.4, 0.5) is 0 Å². The van der Waals surface area contributed by atoms with Gasteiger partial charge in [-0.15, -0.1) is 0 Å². The number of aliphatic imine (C=N–C) groups is 1. The summed E-state index contributed by atoms with van der Waals surface area (Å²) < 4.78 is 0. The Bertz CT molecular complexity index is 1060. The lowest BCUT2D eigenvalue weighted by Gasteiger charge is -2.25. The number of aliphatic hydroxyl groups excluding tert-OH is 1. The van der Waals surface area contributed by atoms with Crippen LogP contribution in [0.2, 0.25) is 0 Å². The Morgan fingerprint density at radius 3 is 2.57 bits per heavy atom. The van der Waals surface area contributed by atoms with Crippen LogP contribution in [0.1, 0.15) is 55.5 Å². The summed E-state index contributed by atoms with van der Waals surface area (Å²) in [4.78, 5) is 34.2. The molecule has 2 aliphatic heterocycles. The molecule has 7 heteroatoms. The number of rotatable bonds is 7. The maximum atomic E-state index is 13.2. The van der Waals surface area contributed by atoms with Gasteiger partial charge < -0.3 is 20.6 Å². The summed E-state index contributed by atoms with van der Waals surface area (Å²) in [6.07, 6.45) is 10.9. The molecule has 1 saturated heterocycles. The van der Waals surface area contributed by atoms with E-state index in [-0.39, 0.29) is 23.8 Å². The topological polar surface area (TPSA) is 99.2 Å². The van der Waals surface area contributed by atoms with E-state index in [2.05, 4.69) is 12.2 Å². The second-order valence-electron chi connectivity index (χ2n) is 9.72. The Morgan fingerprint density at radius 1 is 1.20 bits per heavy atom. The van der Waals surface area contributed by atoms with E-state index in [1.54, 1.807) is 11.8 Å². The third-order valence-corrected chi connectivity index (χ3v) is 6.72. The van der Waals surface area contributed by atoms with E-state index in [0.717, 1.165) is 43.5 Å². The normalized spacial score (nSPS) is 22.5. The van der Waals surface area contributed by atoms with E-state index >= 15 is 0 Å². The number of amidine groups is 1. The van der Waals surface area contributed by atoms with Crippen molar-refractivity contribution in [2.75, 3.05) is 26.2 Å². The number of amides is 2. The van der Waals surface area contributed by atoms with Crippen LogP contribution >= 0.6 is 0 Å². The van der Waals surface area contributed by atoms with Crippen LogP contribution in [0.3, 0.4) is 0 Å². The molecule has 0 spiro atoms. The highest BCUT2D eigenvalue weighted by Crippen LogP contribution is 2.31. The Morgan fingerprint density at radius 2 is 1.91 bits per heavy atom. The van der Waals surface area contributed by atoms with E-state index in [1.165, 1.54) is 0 Å². The van der Waals surface area contributed by atoms with E-state index in [4.69, 9.17) is 10.7 Å². The van der Waals surface area contributed by atoms with Gasteiger partial charge in [0.1, 0.15) is 0 Å². The molecule has 4 rings (SSSR count). The highest BCUT2D eigenvalue weighted by Gasteiger charge is 2.28. The zero-order valence-corrected chi connectivity index (χ0v) is 20.7. The molecule has 3 atom stereocenters. The van der Waals surface area contributed by atoms with Gasteiger partial charge in [-0.1, -0.05) is 43.4 Å². The molecule has 3 N–H and O–H groups in total. The third kappa shape index (κ3) is 5.90. The first kappa shape index (κ1) is 24.9. The minimum Gasteiger partial charge on any atom is -0.392 e. The van der Waals surface area contributed by atoms with Crippen LogP contribution in [-0.4, -0.2) is 70.9 Å². The predicted octanol–water partition coefficient (Wildman–Crippen LogP) is 3.17. The van der Waals surface area contributed by atoms with Gasteiger partial charge in [0.2, 0.25) is 5.91 Å². The molecular weight excluding hydrogens is 440 g/mol. The minimum absolute atomic E-state index is 0.0650. The van der Waals surface area contributed by atoms with Crippen molar-refractivity contribution in [1.82, 2.24) is 9.80 Å². The third-order valence-electron chi connectivity index (χ3n) is 6.72. The molecule has 2 unspecified atom stereocenters. The molecule has 186 valence electrons. The van der Waals surface area contributed by atoms with Crippen molar-refractivity contribution in [3.8, 4) is 0 Å². The van der Waals surface area contributed by atoms with Crippen LogP contribution in [0, 0.1) is 5.92 Å². The van der Waals surface area contributed by atoms with Crippen molar-refractivity contribution in [1.29, 1.82) is 0 Å². The zero-order valence-electron chi connectivity index (χ0n) is 20.7. The van der Waals surface area contributed by atoms with Crippen LogP contribution in [0.25, 0.3) is 5.57 Å². The van der Waals surface area contributed by atoms with Gasteiger partial charge in [-0.3, -0.25) is 14.6 Å². The summed E-state index contributed by atoms with van der Waals surface area (Å²) in [5, 5.41) is 9.83. The van der Waals surface area contributed by atoms with Crippen molar-refractivity contribution >= 4 is 23.2 Å². The number of allylic oxidation sites excluding steroid dienone is 2. The van der Waals surface area contributed by atoms with E-state index in [9.17, 15) is 14.7 Å². The lowest BCUT2D eigenvalue weighted by Crippen LogP contribution is -2.38. The summed E-state index contributed by atoms with van der Waals surface area (Å²) >= 11 is 0. The van der Waals surface area contributed by atoms with Gasteiger partial charge in [0, 0.05) is 49.7 Å². The molecule has 1 aromatic carbocycles. The Kier molecular flexibility index (Phi) is 7.86. The number of likely N-dealkylation sites (tertiary alicyclic amines) is 1. The molecule has 1 fully saturated rings. The van der Waals surface area contributed by atoms with E-state index < -0.39 is 6.10 Å². The zero-order chi connectivity index (χ0) is 24.9. The SMILES string of the molecule is CCCN(C[C@@H](C)O)C(=O)C1=CC2C=CC(c3ccc(C(=O)N4CCCC4)cc3)=CC2N=C(N)C1. The second kappa shape index (κ2) is 11.0. The van der Waals surface area contributed by atoms with Gasteiger partial charge in [-0.25, -0.2) is 0 Å². The number of carbonyl (C=O) groups excluding carboxylic acids is 2. The Labute approximate surface area is 207 Å². The summed E-state index contributed by atoms with van der Waals surface area (Å²) in [6, 6.07) is 7.55. The number of hydrogen-bond donors (Lipinski definition) is 2. The number of benzene rings is 1. The summed E-state index contributed by atoms with van der Waals surface area (Å²) in [5.74, 6) is 0.374. The van der Waals surface area contributed by atoms with Gasteiger partial charge >= 0.3 is 0 Å². The standard InChI is InChI=1S/C28H36N4O3/c1-3-12-32(18-19(2)33)28(35)24-15-23-11-10-22(16-25(23)30-26(29)17-24)20-6-8-21(9-7-20)27(34)31-13-4-5-14-31/h6-11,15-16,19,23,25,33H,3-5,12-14,17-18H2,1-2H3,(H2,29,30)/t19-,23?,25?/m1/s1. The van der Waals surface area contributed by atoms with Crippen molar-refractivity contribution in [2.24, 2.45) is 16.6 Å². The lowest BCUT2D eigenvalue weighted by molar-refractivity contribution is -0.128. The number of hydrogen-bond acceptors (Lipinski definition) is 5. The smallest absolute Gasteiger partial charge is 0.253 e. The minimum atomic E-state index is -0.590. The number of fused-ring (bicyclic) bond motifs is 1. The first-order valence-electron chi connectivity index (χ1n) is 12.7. The molecule has 2 heterocycles. The summed E-state index contributed by atoms with van der Waals surface area (Å²) in [7, 11) is 0. The van der Waals surface area contributed by atoms with Crippen LogP contribution < -0.4 is 5.73 Å². The molecular formula is C28H36N4O3. The number of carbonyl (C=O) groups is 2. The van der Waals surface area contributed by atoms with E-state index in [1.807, 2.05) is 48.2 Å². The van der Waals surface area contributed by atoms with E-state index in [0.29, 0.717) is 36.5 Å². The molecule has 0 saturated carbocycles. The number of nitrogens with zero attached hydrogens (tertiary/aromatic N) is 3. The molecule has 2 amide bonds. The monoisotopic (exact) mass is 476 g/mol. The van der Waals surface area contributed by atoms with Crippen LogP contribution in [-0.2, 0) is 4.79 Å². The molecule has 0 bridgehead atoms. The maximum absolute atomic E-state index is 13.2. The van der Waals surface area contributed by atoms with Crippen LogP contribution in [0.15, 0.2) is 59.1 Å². The molecule has 35 heavy (non-hydrogen) atoms. The average molecular weight is 477 g/mol. The molecule has 7 nitrogen and oxygen atoms in total. The number of nitrogens with two attached hydrogens (primary N) is 1. The maximum Gasteiger partial charge on any atom is 0.253 e. The van der Waals surface area contributed by atoms with Crippen molar-refractivity contribution in [3.63, 3.8) is 0 Å². The molecule has 1 aliphatic carbocycles. The van der Waals surface area contributed by atoms with Gasteiger partial charge in [0.25, 0.3) is 5.91 Å². The van der Waals surface area contributed by atoms with Gasteiger partial charge in [0.05, 0.1) is 18.0 Å². The number of aliphatic hydroxyl groups is 1. The Hall–Kier alpha value is -3.19. The van der Waals surface area contributed by atoms with Crippen molar-refractivity contribution < 1.29 is 14.7 Å². The molecule has 1 aromatic rings. The van der Waals surface area contributed by atoms with Gasteiger partial charge in [0.15, 0.2) is 0 Å². The Balaban J connectivity index is 1.52. The molecule has 0 aromatic heterocycles. The fraction of sp³-hybridized carbons (Fsp3) is 0.464. The fourth-order valence-electron chi connectivity index (χ4n) is 5.00. The predicted molar refractivity (Wildman–Crippen MR) is 139 cm³/mol. The molecule has 3 aliphatic rings. The average Bonchev–Trinajstić information content (AvgIpc) is 3.32. The summed E-state index contributed by atoms with van der Waals surface area (Å²) in [6.45, 7) is 6.26. The lowest BCUT2D eigenvalue weighted by atomic mass is 9.88. The first-order valence-corrected chi connectivity index (χ1v) is 12.7. The van der Waals surface area contributed by atoms with Gasteiger partial charge in [-0.2, -0.15) is 0 Å². The first-order chi connectivity index (χ1) is 16.9. The van der Waals surface area contributed by atoms with Gasteiger partial charge in [-0.05, 0) is 49.5 Å². The largest absolute Gasteiger partial charge is 0.392 e.